The lowest BCUT2D eigenvalue weighted by Crippen LogP contribution is -2.39. The first-order valence-electron chi connectivity index (χ1n) is 9.56. The molecule has 136 valence electrons. The van der Waals surface area contributed by atoms with Crippen molar-refractivity contribution in [2.24, 2.45) is 23.7 Å². The summed E-state index contributed by atoms with van der Waals surface area (Å²) in [7, 11) is 0. The average molecular weight is 344 g/mol. The van der Waals surface area contributed by atoms with Crippen LogP contribution in [0.25, 0.3) is 0 Å². The van der Waals surface area contributed by atoms with Gasteiger partial charge in [-0.05, 0) is 63.2 Å². The van der Waals surface area contributed by atoms with E-state index < -0.39 is 17.8 Å². The van der Waals surface area contributed by atoms with Crippen LogP contribution in [0.5, 0.6) is 0 Å². The minimum absolute atomic E-state index is 0.104. The molecule has 0 aromatic heterocycles. The van der Waals surface area contributed by atoms with E-state index in [0.717, 1.165) is 38.5 Å². The molecule has 0 aromatic carbocycles. The Kier molecular flexibility index (Phi) is 6.11. The van der Waals surface area contributed by atoms with Gasteiger partial charge in [0.2, 0.25) is 0 Å². The molecular formula is C21H28O4. The van der Waals surface area contributed by atoms with Crippen molar-refractivity contribution in [3.63, 3.8) is 0 Å². The summed E-state index contributed by atoms with van der Waals surface area (Å²) < 4.78 is 6.03. The third-order valence-electron chi connectivity index (χ3n) is 5.81. The maximum absolute atomic E-state index is 12.8. The molecule has 3 rings (SSSR count). The van der Waals surface area contributed by atoms with Gasteiger partial charge < -0.3 is 9.84 Å². The first-order valence-corrected chi connectivity index (χ1v) is 9.56. The van der Waals surface area contributed by atoms with Gasteiger partial charge in [0, 0.05) is 0 Å². The van der Waals surface area contributed by atoms with Gasteiger partial charge in [0.25, 0.3) is 0 Å². The van der Waals surface area contributed by atoms with Crippen molar-refractivity contribution in [2.45, 2.75) is 57.5 Å². The van der Waals surface area contributed by atoms with Crippen LogP contribution in [0.1, 0.15) is 51.4 Å². The number of hydrogen-bond acceptors (Lipinski definition) is 3. The highest BCUT2D eigenvalue weighted by molar-refractivity contribution is 5.83. The molecular weight excluding hydrogens is 316 g/mol. The summed E-state index contributed by atoms with van der Waals surface area (Å²) in [5.74, 6) is -1.85. The fourth-order valence-corrected chi connectivity index (χ4v) is 4.37. The zero-order valence-corrected chi connectivity index (χ0v) is 14.7. The average Bonchev–Trinajstić information content (AvgIpc) is 2.67. The quantitative estimate of drug-likeness (QED) is 0.597. The molecule has 0 spiro atoms. The van der Waals surface area contributed by atoms with E-state index in [1.807, 2.05) is 6.08 Å². The number of rotatable bonds is 5. The second-order valence-electron chi connectivity index (χ2n) is 7.47. The Morgan fingerprint density at radius 2 is 1.48 bits per heavy atom. The standard InChI is InChI=1S/C21H28O4/c22-20(23)17-13-7-8-14-18(17)21(24)25-19(15-9-3-1-4-10-15)16-11-5-2-6-12-16/h1-3,5,8,14-19H,4,6-7,9-13H2,(H,22,23). The molecule has 4 atom stereocenters. The Hall–Kier alpha value is -1.84. The van der Waals surface area contributed by atoms with Gasteiger partial charge in [0.1, 0.15) is 6.10 Å². The predicted molar refractivity (Wildman–Crippen MR) is 95.8 cm³/mol. The molecule has 0 amide bonds. The molecule has 0 aliphatic heterocycles. The molecule has 25 heavy (non-hydrogen) atoms. The van der Waals surface area contributed by atoms with Crippen LogP contribution in [0.15, 0.2) is 36.5 Å². The van der Waals surface area contributed by atoms with E-state index in [4.69, 9.17) is 4.74 Å². The SMILES string of the molecule is O=C(OC(C1CC=CCC1)C1CC=CCC1)C1C=CCCC1C(=O)O. The summed E-state index contributed by atoms with van der Waals surface area (Å²) in [5.41, 5.74) is 0. The van der Waals surface area contributed by atoms with Crippen molar-refractivity contribution in [3.05, 3.63) is 36.5 Å². The van der Waals surface area contributed by atoms with Gasteiger partial charge in [-0.2, -0.15) is 0 Å². The van der Waals surface area contributed by atoms with E-state index in [1.54, 1.807) is 6.08 Å². The van der Waals surface area contributed by atoms with Crippen LogP contribution in [0.2, 0.25) is 0 Å². The Bertz CT molecular complexity index is 550. The number of esters is 1. The fourth-order valence-electron chi connectivity index (χ4n) is 4.37. The van der Waals surface area contributed by atoms with E-state index in [-0.39, 0.29) is 12.1 Å². The molecule has 0 radical (unpaired) electrons. The van der Waals surface area contributed by atoms with Gasteiger partial charge in [-0.15, -0.1) is 0 Å². The molecule has 0 aromatic rings. The number of hydrogen-bond donors (Lipinski definition) is 1. The molecule has 3 aliphatic carbocycles. The summed E-state index contributed by atoms with van der Waals surface area (Å²) in [6.07, 6.45) is 19.6. The molecule has 0 heterocycles. The maximum atomic E-state index is 12.8. The fraction of sp³-hybridized carbons (Fsp3) is 0.619. The first-order chi connectivity index (χ1) is 12.2. The van der Waals surface area contributed by atoms with E-state index in [0.29, 0.717) is 24.7 Å². The molecule has 4 nitrogen and oxygen atoms in total. The molecule has 0 saturated heterocycles. The van der Waals surface area contributed by atoms with Crippen LogP contribution in [-0.4, -0.2) is 23.1 Å². The Morgan fingerprint density at radius 1 is 0.880 bits per heavy atom. The van der Waals surface area contributed by atoms with Crippen LogP contribution in [-0.2, 0) is 14.3 Å². The van der Waals surface area contributed by atoms with Crippen LogP contribution in [0.3, 0.4) is 0 Å². The summed E-state index contributed by atoms with van der Waals surface area (Å²) in [4.78, 5) is 24.3. The highest BCUT2D eigenvalue weighted by Gasteiger charge is 2.38. The summed E-state index contributed by atoms with van der Waals surface area (Å²) >= 11 is 0. The van der Waals surface area contributed by atoms with Crippen molar-refractivity contribution in [3.8, 4) is 0 Å². The number of carboxylic acid groups (broad SMARTS) is 1. The number of ether oxygens (including phenoxy) is 1. The molecule has 3 aliphatic rings. The van der Waals surface area contributed by atoms with Crippen LogP contribution < -0.4 is 0 Å². The zero-order valence-electron chi connectivity index (χ0n) is 14.7. The molecule has 1 N–H and O–H groups in total. The zero-order chi connectivity index (χ0) is 17.6. The van der Waals surface area contributed by atoms with Gasteiger partial charge in [-0.3, -0.25) is 9.59 Å². The Balaban J connectivity index is 1.74. The van der Waals surface area contributed by atoms with Crippen LogP contribution in [0, 0.1) is 23.7 Å². The van der Waals surface area contributed by atoms with Gasteiger partial charge in [0.05, 0.1) is 11.8 Å². The van der Waals surface area contributed by atoms with Crippen molar-refractivity contribution < 1.29 is 19.4 Å². The molecule has 4 heteroatoms. The van der Waals surface area contributed by atoms with E-state index in [1.165, 1.54) is 0 Å². The van der Waals surface area contributed by atoms with E-state index >= 15 is 0 Å². The van der Waals surface area contributed by atoms with Gasteiger partial charge in [-0.1, -0.05) is 36.5 Å². The first kappa shape index (κ1) is 18.0. The predicted octanol–water partition coefficient (Wildman–Crippen LogP) is 4.28. The van der Waals surface area contributed by atoms with Gasteiger partial charge in [-0.25, -0.2) is 0 Å². The number of allylic oxidation sites excluding steroid dienone is 5. The monoisotopic (exact) mass is 344 g/mol. The van der Waals surface area contributed by atoms with Crippen molar-refractivity contribution >= 4 is 11.9 Å². The van der Waals surface area contributed by atoms with Crippen molar-refractivity contribution in [2.75, 3.05) is 0 Å². The lowest BCUT2D eigenvalue weighted by molar-refractivity contribution is -0.165. The summed E-state index contributed by atoms with van der Waals surface area (Å²) in [5, 5.41) is 9.43. The van der Waals surface area contributed by atoms with E-state index in [2.05, 4.69) is 24.3 Å². The van der Waals surface area contributed by atoms with Crippen LogP contribution >= 0.6 is 0 Å². The number of carboxylic acids is 1. The molecule has 0 saturated carbocycles. The lowest BCUT2D eigenvalue weighted by Gasteiger charge is -2.36. The third kappa shape index (κ3) is 4.42. The highest BCUT2D eigenvalue weighted by atomic mass is 16.5. The summed E-state index contributed by atoms with van der Waals surface area (Å²) in [6.45, 7) is 0. The number of carbonyl (C=O) groups is 2. The second-order valence-corrected chi connectivity index (χ2v) is 7.47. The second kappa shape index (κ2) is 8.50. The minimum Gasteiger partial charge on any atom is -0.481 e. The topological polar surface area (TPSA) is 63.6 Å². The van der Waals surface area contributed by atoms with Gasteiger partial charge >= 0.3 is 11.9 Å². The Labute approximate surface area is 149 Å². The third-order valence-corrected chi connectivity index (χ3v) is 5.81. The van der Waals surface area contributed by atoms with E-state index in [9.17, 15) is 14.7 Å². The normalized spacial score (nSPS) is 33.0. The Morgan fingerprint density at radius 3 is 2.00 bits per heavy atom. The minimum atomic E-state index is -0.899. The van der Waals surface area contributed by atoms with Crippen molar-refractivity contribution in [1.82, 2.24) is 0 Å². The van der Waals surface area contributed by atoms with Gasteiger partial charge in [0.15, 0.2) is 0 Å². The largest absolute Gasteiger partial charge is 0.481 e. The molecule has 0 bridgehead atoms. The van der Waals surface area contributed by atoms with Crippen LogP contribution in [0.4, 0.5) is 0 Å². The number of carbonyl (C=O) groups excluding carboxylic acids is 1. The van der Waals surface area contributed by atoms with Crippen molar-refractivity contribution in [1.29, 1.82) is 0 Å². The lowest BCUT2D eigenvalue weighted by atomic mass is 9.78. The molecule has 0 fully saturated rings. The number of aliphatic carboxylic acids is 1. The maximum Gasteiger partial charge on any atom is 0.313 e. The summed E-state index contributed by atoms with van der Waals surface area (Å²) in [6, 6.07) is 0. The smallest absolute Gasteiger partial charge is 0.313 e. The highest BCUT2D eigenvalue weighted by Crippen LogP contribution is 2.36. The molecule has 4 unspecified atom stereocenters.